The van der Waals surface area contributed by atoms with E-state index in [2.05, 4.69) is 65.3 Å². The summed E-state index contributed by atoms with van der Waals surface area (Å²) in [4.78, 5) is 12.2. The molecule has 0 aliphatic rings. The van der Waals surface area contributed by atoms with Crippen molar-refractivity contribution < 1.29 is 14.3 Å². The van der Waals surface area contributed by atoms with Gasteiger partial charge in [0, 0.05) is 17.9 Å². The van der Waals surface area contributed by atoms with Gasteiger partial charge in [0.2, 0.25) is 0 Å². The molecule has 0 spiro atoms. The number of rotatable bonds is 8. The molecule has 6 heteroatoms. The molecule has 2 N–H and O–H groups in total. The Morgan fingerprint density at radius 2 is 1.73 bits per heavy atom. The number of aryl methyl sites for hydroxylation is 2. The molecule has 3 aromatic carbocycles. The van der Waals surface area contributed by atoms with Crippen molar-refractivity contribution >= 4 is 39.9 Å². The van der Waals surface area contributed by atoms with Crippen LogP contribution in [0.1, 0.15) is 16.7 Å². The molecule has 1 amide bonds. The third kappa shape index (κ3) is 5.89. The summed E-state index contributed by atoms with van der Waals surface area (Å²) in [5, 5.41) is 6.25. The predicted octanol–water partition coefficient (Wildman–Crippen LogP) is 5.55. The number of para-hydroxylation sites is 1. The lowest BCUT2D eigenvalue weighted by molar-refractivity contribution is -0.118. The van der Waals surface area contributed by atoms with E-state index in [0.717, 1.165) is 20.5 Å². The highest BCUT2D eigenvalue weighted by molar-refractivity contribution is 14.1. The summed E-state index contributed by atoms with van der Waals surface area (Å²) in [5.41, 5.74) is 5.40. The fraction of sp³-hybridized carbons (Fsp3) is 0.208. The highest BCUT2D eigenvalue weighted by atomic mass is 127. The van der Waals surface area contributed by atoms with Gasteiger partial charge in [-0.05, 0) is 89.5 Å². The van der Waals surface area contributed by atoms with Crippen molar-refractivity contribution in [2.24, 2.45) is 0 Å². The van der Waals surface area contributed by atoms with Crippen molar-refractivity contribution in [3.05, 3.63) is 80.9 Å². The first-order valence-corrected chi connectivity index (χ1v) is 10.7. The lowest BCUT2D eigenvalue weighted by atomic mass is 10.1. The van der Waals surface area contributed by atoms with Crippen molar-refractivity contribution in [2.75, 3.05) is 24.4 Å². The van der Waals surface area contributed by atoms with Gasteiger partial charge < -0.3 is 20.1 Å². The molecule has 0 bridgehead atoms. The van der Waals surface area contributed by atoms with Gasteiger partial charge in [0.15, 0.2) is 18.1 Å². The van der Waals surface area contributed by atoms with Crippen molar-refractivity contribution in [3.8, 4) is 11.5 Å². The number of hydrogen-bond acceptors (Lipinski definition) is 4. The quantitative estimate of drug-likeness (QED) is 0.386. The normalized spacial score (nSPS) is 10.4. The number of carbonyl (C=O) groups excluding carboxylic acids is 1. The maximum atomic E-state index is 12.2. The van der Waals surface area contributed by atoms with E-state index in [9.17, 15) is 4.79 Å². The number of anilines is 2. The molecular formula is C24H25IN2O3. The van der Waals surface area contributed by atoms with Crippen molar-refractivity contribution in [1.29, 1.82) is 0 Å². The standard InChI is InChI=1S/C24H25IN2O3/c1-16-9-10-20(11-17(16)2)26-14-18-12-21(25)24(22(13-18)29-3)30-15-23(28)27-19-7-5-4-6-8-19/h4-13,26H,14-15H2,1-3H3,(H,27,28). The molecule has 5 nitrogen and oxygen atoms in total. The van der Waals surface area contributed by atoms with E-state index in [4.69, 9.17) is 9.47 Å². The zero-order chi connectivity index (χ0) is 21.5. The molecule has 0 unspecified atom stereocenters. The highest BCUT2D eigenvalue weighted by Crippen LogP contribution is 2.34. The Morgan fingerprint density at radius 3 is 2.43 bits per heavy atom. The lowest BCUT2D eigenvalue weighted by Gasteiger charge is -2.15. The molecular weight excluding hydrogens is 491 g/mol. The molecule has 0 radical (unpaired) electrons. The minimum absolute atomic E-state index is 0.0957. The lowest BCUT2D eigenvalue weighted by Crippen LogP contribution is -2.20. The minimum Gasteiger partial charge on any atom is -0.493 e. The summed E-state index contributed by atoms with van der Waals surface area (Å²) in [5.74, 6) is 0.946. The average Bonchev–Trinajstić information content (AvgIpc) is 2.74. The van der Waals surface area contributed by atoms with Gasteiger partial charge in [-0.3, -0.25) is 4.79 Å². The number of methoxy groups -OCH3 is 1. The van der Waals surface area contributed by atoms with E-state index in [1.165, 1.54) is 11.1 Å². The van der Waals surface area contributed by atoms with E-state index >= 15 is 0 Å². The van der Waals surface area contributed by atoms with Crippen molar-refractivity contribution in [1.82, 2.24) is 0 Å². The van der Waals surface area contributed by atoms with Crippen LogP contribution in [0.4, 0.5) is 11.4 Å². The summed E-state index contributed by atoms with van der Waals surface area (Å²) < 4.78 is 12.2. The molecule has 0 heterocycles. The second kappa shape index (κ2) is 10.3. The van der Waals surface area contributed by atoms with Crippen LogP contribution in [0.5, 0.6) is 11.5 Å². The Hall–Kier alpha value is -2.74. The van der Waals surface area contributed by atoms with Gasteiger partial charge in [0.05, 0.1) is 10.7 Å². The fourth-order valence-electron chi connectivity index (χ4n) is 2.93. The molecule has 3 rings (SSSR count). The van der Waals surface area contributed by atoms with Crippen LogP contribution in [0.3, 0.4) is 0 Å². The van der Waals surface area contributed by atoms with Crippen molar-refractivity contribution in [3.63, 3.8) is 0 Å². The molecule has 0 saturated carbocycles. The first-order valence-electron chi connectivity index (χ1n) is 9.61. The van der Waals surface area contributed by atoms with E-state index in [1.54, 1.807) is 7.11 Å². The first kappa shape index (κ1) is 22.0. The molecule has 0 aliphatic carbocycles. The van der Waals surface area contributed by atoms with Gasteiger partial charge in [-0.1, -0.05) is 24.3 Å². The molecule has 30 heavy (non-hydrogen) atoms. The van der Waals surface area contributed by atoms with E-state index in [1.807, 2.05) is 42.5 Å². The van der Waals surface area contributed by atoms with Gasteiger partial charge in [-0.25, -0.2) is 0 Å². The SMILES string of the molecule is COc1cc(CNc2ccc(C)c(C)c2)cc(I)c1OCC(=O)Nc1ccccc1. The van der Waals surface area contributed by atoms with Crippen LogP contribution in [0.2, 0.25) is 0 Å². The van der Waals surface area contributed by atoms with E-state index in [0.29, 0.717) is 18.0 Å². The Bertz CT molecular complexity index is 1020. The van der Waals surface area contributed by atoms with Crippen LogP contribution in [0, 0.1) is 17.4 Å². The second-order valence-corrected chi connectivity index (χ2v) is 8.13. The number of nitrogens with one attached hydrogen (secondary N) is 2. The third-order valence-electron chi connectivity index (χ3n) is 4.70. The number of carbonyl (C=O) groups is 1. The number of amides is 1. The monoisotopic (exact) mass is 516 g/mol. The smallest absolute Gasteiger partial charge is 0.262 e. The largest absolute Gasteiger partial charge is 0.493 e. The van der Waals surface area contributed by atoms with E-state index in [-0.39, 0.29) is 12.5 Å². The van der Waals surface area contributed by atoms with Gasteiger partial charge in [0.25, 0.3) is 5.91 Å². The topological polar surface area (TPSA) is 59.6 Å². The molecule has 3 aromatic rings. The minimum atomic E-state index is -0.223. The fourth-order valence-corrected chi connectivity index (χ4v) is 3.75. The number of ether oxygens (including phenoxy) is 2. The summed E-state index contributed by atoms with van der Waals surface area (Å²) >= 11 is 2.20. The summed E-state index contributed by atoms with van der Waals surface area (Å²) in [6.45, 7) is 4.77. The van der Waals surface area contributed by atoms with Crippen LogP contribution in [-0.2, 0) is 11.3 Å². The van der Waals surface area contributed by atoms with Gasteiger partial charge in [-0.2, -0.15) is 0 Å². The van der Waals surface area contributed by atoms with Gasteiger partial charge in [-0.15, -0.1) is 0 Å². The summed E-state index contributed by atoms with van der Waals surface area (Å²) in [7, 11) is 1.60. The Morgan fingerprint density at radius 1 is 0.967 bits per heavy atom. The molecule has 156 valence electrons. The maximum absolute atomic E-state index is 12.2. The van der Waals surface area contributed by atoms with Crippen molar-refractivity contribution in [2.45, 2.75) is 20.4 Å². The number of hydrogen-bond donors (Lipinski definition) is 2. The third-order valence-corrected chi connectivity index (χ3v) is 5.50. The van der Waals surface area contributed by atoms with Crippen LogP contribution in [0.25, 0.3) is 0 Å². The Labute approximate surface area is 190 Å². The van der Waals surface area contributed by atoms with Gasteiger partial charge in [0.1, 0.15) is 0 Å². The van der Waals surface area contributed by atoms with E-state index < -0.39 is 0 Å². The molecule has 0 fully saturated rings. The predicted molar refractivity (Wildman–Crippen MR) is 130 cm³/mol. The molecule has 0 aliphatic heterocycles. The zero-order valence-electron chi connectivity index (χ0n) is 17.3. The number of benzene rings is 3. The second-order valence-electron chi connectivity index (χ2n) is 6.96. The van der Waals surface area contributed by atoms with Crippen LogP contribution >= 0.6 is 22.6 Å². The van der Waals surface area contributed by atoms with Crippen LogP contribution in [-0.4, -0.2) is 19.6 Å². The number of halogens is 1. The van der Waals surface area contributed by atoms with Crippen LogP contribution < -0.4 is 20.1 Å². The van der Waals surface area contributed by atoms with Crippen LogP contribution in [0.15, 0.2) is 60.7 Å². The summed E-state index contributed by atoms with van der Waals surface area (Å²) in [6.07, 6.45) is 0. The zero-order valence-corrected chi connectivity index (χ0v) is 19.4. The highest BCUT2D eigenvalue weighted by Gasteiger charge is 2.14. The van der Waals surface area contributed by atoms with Gasteiger partial charge >= 0.3 is 0 Å². The molecule has 0 aromatic heterocycles. The first-order chi connectivity index (χ1) is 14.5. The average molecular weight is 516 g/mol. The Balaban J connectivity index is 1.64. The summed E-state index contributed by atoms with van der Waals surface area (Å²) in [6, 6.07) is 19.6. The maximum Gasteiger partial charge on any atom is 0.262 e. The molecule has 0 atom stereocenters. The Kier molecular flexibility index (Phi) is 7.57. The molecule has 0 saturated heterocycles.